The lowest BCUT2D eigenvalue weighted by Gasteiger charge is -2.57. The number of nitrogens with two attached hydrogens (primary N) is 1. The molecule has 3 nitrogen and oxygen atoms in total. The number of piperidine rings is 2. The molecule has 3 aliphatic rings. The van der Waals surface area contributed by atoms with Gasteiger partial charge < -0.3 is 10.5 Å². The van der Waals surface area contributed by atoms with E-state index in [2.05, 4.69) is 24.0 Å². The number of rotatable bonds is 4. The van der Waals surface area contributed by atoms with Gasteiger partial charge >= 0.3 is 0 Å². The Morgan fingerprint density at radius 2 is 1.95 bits per heavy atom. The molecule has 2 heterocycles. The van der Waals surface area contributed by atoms with Crippen molar-refractivity contribution in [2.75, 3.05) is 13.7 Å². The van der Waals surface area contributed by atoms with Gasteiger partial charge in [-0.25, -0.2) is 0 Å². The van der Waals surface area contributed by atoms with Crippen molar-refractivity contribution in [3.63, 3.8) is 0 Å². The van der Waals surface area contributed by atoms with E-state index >= 15 is 0 Å². The van der Waals surface area contributed by atoms with Crippen LogP contribution in [0, 0.1) is 11.8 Å². The van der Waals surface area contributed by atoms with E-state index in [0.717, 1.165) is 36.7 Å². The summed E-state index contributed by atoms with van der Waals surface area (Å²) in [7, 11) is 1.71. The van der Waals surface area contributed by atoms with Crippen molar-refractivity contribution in [3.05, 3.63) is 29.8 Å². The normalized spacial score (nSPS) is 33.8. The van der Waals surface area contributed by atoms with Crippen LogP contribution >= 0.6 is 0 Å². The largest absolute Gasteiger partial charge is 0.497 e. The third-order valence-electron chi connectivity index (χ3n) is 5.16. The second-order valence-electron chi connectivity index (χ2n) is 6.07. The van der Waals surface area contributed by atoms with Crippen LogP contribution in [0.3, 0.4) is 0 Å². The molecule has 2 atom stereocenters. The van der Waals surface area contributed by atoms with E-state index in [1.165, 1.54) is 18.4 Å². The van der Waals surface area contributed by atoms with Crippen LogP contribution < -0.4 is 10.5 Å². The average Bonchev–Trinajstić information content (AvgIpc) is 2.38. The van der Waals surface area contributed by atoms with Crippen LogP contribution in [0.5, 0.6) is 5.75 Å². The SMILES string of the molecule is COc1ccc(CN2C3CC(C3)[C@@H](C)[C@H]2CN)cc1. The summed E-state index contributed by atoms with van der Waals surface area (Å²) in [6.07, 6.45) is 2.74. The zero-order valence-electron chi connectivity index (χ0n) is 11.9. The Morgan fingerprint density at radius 3 is 2.53 bits per heavy atom. The van der Waals surface area contributed by atoms with Crippen LogP contribution in [0.15, 0.2) is 24.3 Å². The number of nitrogens with zero attached hydrogens (tertiary/aromatic N) is 1. The maximum absolute atomic E-state index is 6.00. The van der Waals surface area contributed by atoms with Crippen LogP contribution in [-0.4, -0.2) is 30.6 Å². The van der Waals surface area contributed by atoms with Crippen LogP contribution in [0.25, 0.3) is 0 Å². The maximum Gasteiger partial charge on any atom is 0.118 e. The second kappa shape index (κ2) is 5.14. The van der Waals surface area contributed by atoms with Crippen LogP contribution in [0.2, 0.25) is 0 Å². The van der Waals surface area contributed by atoms with Crippen LogP contribution in [0.1, 0.15) is 25.3 Å². The van der Waals surface area contributed by atoms with Gasteiger partial charge in [-0.15, -0.1) is 0 Å². The average molecular weight is 260 g/mol. The molecule has 3 heteroatoms. The molecule has 19 heavy (non-hydrogen) atoms. The predicted octanol–water partition coefficient (Wildman–Crippen LogP) is 2.25. The molecule has 4 rings (SSSR count). The topological polar surface area (TPSA) is 38.5 Å². The Balaban J connectivity index is 1.73. The minimum absolute atomic E-state index is 0.555. The van der Waals surface area contributed by atoms with Crippen molar-refractivity contribution in [1.82, 2.24) is 4.90 Å². The Bertz CT molecular complexity index is 425. The van der Waals surface area contributed by atoms with Gasteiger partial charge in [-0.1, -0.05) is 19.1 Å². The molecule has 1 aliphatic carbocycles. The van der Waals surface area contributed by atoms with Crippen LogP contribution in [0.4, 0.5) is 0 Å². The minimum Gasteiger partial charge on any atom is -0.497 e. The molecule has 0 radical (unpaired) electrons. The summed E-state index contributed by atoms with van der Waals surface area (Å²) in [5.74, 6) is 2.59. The summed E-state index contributed by atoms with van der Waals surface area (Å²) >= 11 is 0. The van der Waals surface area contributed by atoms with Gasteiger partial charge in [0.1, 0.15) is 5.75 Å². The monoisotopic (exact) mass is 260 g/mol. The quantitative estimate of drug-likeness (QED) is 0.902. The number of fused-ring (bicyclic) bond motifs is 2. The van der Waals surface area contributed by atoms with Crippen molar-refractivity contribution in [2.24, 2.45) is 17.6 Å². The standard InChI is InChI=1S/C16H24N2O/c1-11-13-7-14(8-13)18(16(11)9-17)10-12-3-5-15(19-2)6-4-12/h3-6,11,13-14,16H,7-10,17H2,1-2H3/t11-,13?,14?,16-/m1/s1. The minimum atomic E-state index is 0.555. The molecule has 104 valence electrons. The molecule has 0 aromatic heterocycles. The van der Waals surface area contributed by atoms with Crippen molar-refractivity contribution in [3.8, 4) is 5.75 Å². The van der Waals surface area contributed by atoms with E-state index < -0.39 is 0 Å². The van der Waals surface area contributed by atoms with Crippen molar-refractivity contribution < 1.29 is 4.74 Å². The van der Waals surface area contributed by atoms with Crippen molar-refractivity contribution in [2.45, 2.75) is 38.4 Å². The summed E-state index contributed by atoms with van der Waals surface area (Å²) in [4.78, 5) is 2.63. The zero-order valence-corrected chi connectivity index (χ0v) is 11.9. The molecule has 0 spiro atoms. The molecule has 2 saturated heterocycles. The molecule has 0 unspecified atom stereocenters. The first-order valence-electron chi connectivity index (χ1n) is 7.31. The summed E-state index contributed by atoms with van der Waals surface area (Å²) in [6, 6.07) is 9.74. The molecule has 1 saturated carbocycles. The maximum atomic E-state index is 6.00. The second-order valence-corrected chi connectivity index (χ2v) is 6.07. The van der Waals surface area contributed by atoms with Gasteiger partial charge in [0.2, 0.25) is 0 Å². The van der Waals surface area contributed by atoms with Crippen molar-refractivity contribution in [1.29, 1.82) is 0 Å². The van der Waals surface area contributed by atoms with E-state index in [-0.39, 0.29) is 0 Å². The highest BCUT2D eigenvalue weighted by Gasteiger charge is 2.47. The number of methoxy groups -OCH3 is 1. The van der Waals surface area contributed by atoms with Crippen LogP contribution in [-0.2, 0) is 6.54 Å². The molecular formula is C16H24N2O. The van der Waals surface area contributed by atoms with Gasteiger partial charge in [-0.2, -0.15) is 0 Å². The molecular weight excluding hydrogens is 236 g/mol. The number of benzene rings is 1. The summed E-state index contributed by atoms with van der Waals surface area (Å²) < 4.78 is 5.21. The highest BCUT2D eigenvalue weighted by molar-refractivity contribution is 5.27. The third kappa shape index (κ3) is 2.26. The Kier molecular flexibility index (Phi) is 3.50. The third-order valence-corrected chi connectivity index (χ3v) is 5.16. The van der Waals surface area contributed by atoms with E-state index in [1.54, 1.807) is 7.11 Å². The van der Waals surface area contributed by atoms with E-state index in [4.69, 9.17) is 10.5 Å². The van der Waals surface area contributed by atoms with Gasteiger partial charge in [0.05, 0.1) is 7.11 Å². The summed E-state index contributed by atoms with van der Waals surface area (Å²) in [6.45, 7) is 4.18. The molecule has 3 fully saturated rings. The lowest BCUT2D eigenvalue weighted by molar-refractivity contribution is -0.0760. The molecule has 2 aliphatic heterocycles. The Morgan fingerprint density at radius 1 is 1.26 bits per heavy atom. The Hall–Kier alpha value is -1.06. The molecule has 1 aromatic carbocycles. The number of hydrogen-bond donors (Lipinski definition) is 1. The zero-order chi connectivity index (χ0) is 13.4. The van der Waals surface area contributed by atoms with E-state index in [9.17, 15) is 0 Å². The van der Waals surface area contributed by atoms with E-state index in [0.29, 0.717) is 6.04 Å². The Labute approximate surface area is 115 Å². The number of hydrogen-bond acceptors (Lipinski definition) is 3. The first kappa shape index (κ1) is 12.9. The fourth-order valence-corrected chi connectivity index (χ4v) is 3.76. The first-order chi connectivity index (χ1) is 9.22. The predicted molar refractivity (Wildman–Crippen MR) is 77.1 cm³/mol. The van der Waals surface area contributed by atoms with Gasteiger partial charge in [-0.3, -0.25) is 4.90 Å². The van der Waals surface area contributed by atoms with Gasteiger partial charge in [0, 0.05) is 25.2 Å². The lowest BCUT2D eigenvalue weighted by Crippen LogP contribution is -2.62. The molecule has 2 N–H and O–H groups in total. The highest BCUT2D eigenvalue weighted by atomic mass is 16.5. The van der Waals surface area contributed by atoms with Crippen molar-refractivity contribution >= 4 is 0 Å². The lowest BCUT2D eigenvalue weighted by atomic mass is 9.64. The fraction of sp³-hybridized carbons (Fsp3) is 0.625. The van der Waals surface area contributed by atoms with Gasteiger partial charge in [0.15, 0.2) is 0 Å². The molecule has 0 amide bonds. The van der Waals surface area contributed by atoms with Gasteiger partial charge in [0.25, 0.3) is 0 Å². The number of ether oxygens (including phenoxy) is 1. The first-order valence-corrected chi connectivity index (χ1v) is 7.31. The highest BCUT2D eigenvalue weighted by Crippen LogP contribution is 2.46. The fourth-order valence-electron chi connectivity index (χ4n) is 3.76. The van der Waals surface area contributed by atoms with E-state index in [1.807, 2.05) is 12.1 Å². The molecule has 2 bridgehead atoms. The summed E-state index contributed by atoms with van der Waals surface area (Å²) in [5.41, 5.74) is 7.36. The van der Waals surface area contributed by atoms with Gasteiger partial charge in [-0.05, 0) is 42.4 Å². The smallest absolute Gasteiger partial charge is 0.118 e. The summed E-state index contributed by atoms with van der Waals surface area (Å²) in [5, 5.41) is 0. The molecule has 1 aromatic rings.